The molecule has 0 aliphatic carbocycles. The van der Waals surface area contributed by atoms with Gasteiger partial charge in [0, 0.05) is 0 Å². The van der Waals surface area contributed by atoms with Crippen LogP contribution >= 0.6 is 0 Å². The fraction of sp³-hybridized carbons (Fsp3) is 0.389. The van der Waals surface area contributed by atoms with Crippen LogP contribution in [0, 0.1) is 0 Å². The highest BCUT2D eigenvalue weighted by Gasteiger charge is 2.52. The maximum Gasteiger partial charge on any atom is 0.495 e. The van der Waals surface area contributed by atoms with E-state index in [1.54, 1.807) is 30.3 Å². The van der Waals surface area contributed by atoms with E-state index in [0.29, 0.717) is 11.0 Å². The second-order valence-corrected chi connectivity index (χ2v) is 7.08. The second-order valence-electron chi connectivity index (χ2n) is 7.08. The maximum absolute atomic E-state index is 13.0. The van der Waals surface area contributed by atoms with E-state index in [2.05, 4.69) is 4.98 Å². The Kier molecular flexibility index (Phi) is 4.20. The molecule has 1 saturated heterocycles. The molecule has 0 amide bonds. The number of rotatable bonds is 2. The molecule has 1 aliphatic heterocycles. The van der Waals surface area contributed by atoms with Crippen LogP contribution in [0.4, 0.5) is 13.2 Å². The monoisotopic (exact) mass is 349 g/mol. The predicted octanol–water partition coefficient (Wildman–Crippen LogP) is 4.07. The van der Waals surface area contributed by atoms with Crippen LogP contribution in [0.5, 0.6) is 0 Å². The summed E-state index contributed by atoms with van der Waals surface area (Å²) in [6, 6.07) is 10.9. The fourth-order valence-electron chi connectivity index (χ4n) is 2.65. The van der Waals surface area contributed by atoms with Gasteiger partial charge in [-0.15, -0.1) is 0 Å². The molecule has 0 atom stereocenters. The van der Waals surface area contributed by atoms with Crippen molar-refractivity contribution >= 4 is 12.6 Å². The molecule has 0 radical (unpaired) electrons. The van der Waals surface area contributed by atoms with Crippen LogP contribution in [-0.2, 0) is 15.5 Å². The van der Waals surface area contributed by atoms with Crippen molar-refractivity contribution < 1.29 is 22.5 Å². The summed E-state index contributed by atoms with van der Waals surface area (Å²) in [6.45, 7) is 7.71. The van der Waals surface area contributed by atoms with E-state index in [4.69, 9.17) is 9.31 Å². The molecule has 0 unspecified atom stereocenters. The molecule has 1 aromatic carbocycles. The van der Waals surface area contributed by atoms with Gasteiger partial charge < -0.3 is 9.31 Å². The van der Waals surface area contributed by atoms with Crippen LogP contribution in [0.2, 0.25) is 0 Å². The number of hydrogen-bond acceptors (Lipinski definition) is 3. The van der Waals surface area contributed by atoms with Gasteiger partial charge in [-0.3, -0.25) is 0 Å². The summed E-state index contributed by atoms with van der Waals surface area (Å²) in [5, 5.41) is 0. The first kappa shape index (κ1) is 18.0. The molecule has 1 aliphatic rings. The number of nitrogens with zero attached hydrogens (tertiary/aromatic N) is 1. The molecule has 25 heavy (non-hydrogen) atoms. The average molecular weight is 349 g/mol. The van der Waals surface area contributed by atoms with Gasteiger partial charge in [0.2, 0.25) is 0 Å². The molecule has 2 aromatic rings. The van der Waals surface area contributed by atoms with E-state index >= 15 is 0 Å². The average Bonchev–Trinajstić information content (AvgIpc) is 2.75. The predicted molar refractivity (Wildman–Crippen MR) is 90.4 cm³/mol. The molecule has 3 nitrogen and oxygen atoms in total. The topological polar surface area (TPSA) is 31.4 Å². The summed E-state index contributed by atoms with van der Waals surface area (Å²) in [7, 11) is -0.669. The van der Waals surface area contributed by atoms with Crippen molar-refractivity contribution in [3.8, 4) is 11.3 Å². The Morgan fingerprint density at radius 2 is 1.48 bits per heavy atom. The van der Waals surface area contributed by atoms with E-state index in [1.807, 2.05) is 27.7 Å². The van der Waals surface area contributed by atoms with Crippen LogP contribution < -0.4 is 5.46 Å². The molecule has 132 valence electrons. The summed E-state index contributed by atoms with van der Waals surface area (Å²) in [5.41, 5.74) is -0.535. The highest BCUT2D eigenvalue weighted by atomic mass is 19.4. The standard InChI is InChI=1S/C18H19BF3NO2/c1-16(2)17(3,4)25-19(24-16)13-9-6-5-8-12(13)14-10-7-11-15(23-14)18(20,21)22/h5-11H,1-4H3. The molecule has 7 heteroatoms. The fourth-order valence-corrected chi connectivity index (χ4v) is 2.65. The Hall–Kier alpha value is -1.86. The zero-order chi connectivity index (χ0) is 18.5. The lowest BCUT2D eigenvalue weighted by Crippen LogP contribution is -2.41. The largest absolute Gasteiger partial charge is 0.495 e. The van der Waals surface area contributed by atoms with E-state index in [1.165, 1.54) is 6.07 Å². The lowest BCUT2D eigenvalue weighted by atomic mass is 9.75. The smallest absolute Gasteiger partial charge is 0.399 e. The minimum atomic E-state index is -4.49. The van der Waals surface area contributed by atoms with Gasteiger partial charge in [0.1, 0.15) is 5.69 Å². The Labute approximate surface area is 145 Å². The zero-order valence-corrected chi connectivity index (χ0v) is 14.5. The highest BCUT2D eigenvalue weighted by Crippen LogP contribution is 2.37. The third-order valence-electron chi connectivity index (χ3n) is 4.78. The molecule has 0 spiro atoms. The van der Waals surface area contributed by atoms with E-state index in [9.17, 15) is 13.2 Å². The van der Waals surface area contributed by atoms with Crippen molar-refractivity contribution in [3.05, 3.63) is 48.2 Å². The Morgan fingerprint density at radius 1 is 0.880 bits per heavy atom. The highest BCUT2D eigenvalue weighted by molar-refractivity contribution is 6.63. The minimum absolute atomic E-state index is 0.236. The number of aromatic nitrogens is 1. The summed E-state index contributed by atoms with van der Waals surface area (Å²) in [4.78, 5) is 3.78. The zero-order valence-electron chi connectivity index (χ0n) is 14.5. The lowest BCUT2D eigenvalue weighted by molar-refractivity contribution is -0.141. The van der Waals surface area contributed by atoms with Gasteiger partial charge in [0.15, 0.2) is 0 Å². The summed E-state index contributed by atoms with van der Waals surface area (Å²) >= 11 is 0. The van der Waals surface area contributed by atoms with Crippen molar-refractivity contribution in [1.29, 1.82) is 0 Å². The minimum Gasteiger partial charge on any atom is -0.399 e. The van der Waals surface area contributed by atoms with E-state index in [-0.39, 0.29) is 5.69 Å². The number of alkyl halides is 3. The Bertz CT molecular complexity index is 774. The van der Waals surface area contributed by atoms with Crippen molar-refractivity contribution in [2.75, 3.05) is 0 Å². The van der Waals surface area contributed by atoms with Crippen LogP contribution in [0.15, 0.2) is 42.5 Å². The number of pyridine rings is 1. The summed E-state index contributed by atoms with van der Waals surface area (Å²) in [6.07, 6.45) is -4.49. The van der Waals surface area contributed by atoms with Crippen molar-refractivity contribution in [1.82, 2.24) is 4.98 Å². The van der Waals surface area contributed by atoms with Crippen molar-refractivity contribution in [3.63, 3.8) is 0 Å². The molecular weight excluding hydrogens is 330 g/mol. The van der Waals surface area contributed by atoms with Gasteiger partial charge in [-0.05, 0) is 50.9 Å². The van der Waals surface area contributed by atoms with Gasteiger partial charge in [-0.1, -0.05) is 30.3 Å². The Balaban J connectivity index is 2.04. The Morgan fingerprint density at radius 3 is 2.08 bits per heavy atom. The third-order valence-corrected chi connectivity index (χ3v) is 4.78. The first-order valence-corrected chi connectivity index (χ1v) is 8.00. The van der Waals surface area contributed by atoms with Crippen LogP contribution in [0.3, 0.4) is 0 Å². The van der Waals surface area contributed by atoms with E-state index < -0.39 is 30.2 Å². The van der Waals surface area contributed by atoms with Crippen molar-refractivity contribution in [2.24, 2.45) is 0 Å². The molecule has 1 fully saturated rings. The quantitative estimate of drug-likeness (QED) is 0.766. The van der Waals surface area contributed by atoms with Crippen molar-refractivity contribution in [2.45, 2.75) is 45.1 Å². The molecule has 1 aromatic heterocycles. The molecule has 2 heterocycles. The molecule has 0 bridgehead atoms. The third kappa shape index (κ3) is 3.31. The first-order chi connectivity index (χ1) is 11.5. The normalized spacial score (nSPS) is 19.2. The second kappa shape index (κ2) is 5.85. The number of halogens is 3. The SMILES string of the molecule is CC1(C)OB(c2ccccc2-c2cccc(C(F)(F)F)n2)OC1(C)C. The summed E-state index contributed by atoms with van der Waals surface area (Å²) in [5.74, 6) is 0. The number of hydrogen-bond donors (Lipinski definition) is 0. The molecule has 0 N–H and O–H groups in total. The maximum atomic E-state index is 13.0. The molecular formula is C18H19BF3NO2. The van der Waals surface area contributed by atoms with Crippen LogP contribution in [-0.4, -0.2) is 23.3 Å². The van der Waals surface area contributed by atoms with Gasteiger partial charge in [0.25, 0.3) is 0 Å². The van der Waals surface area contributed by atoms with Crippen LogP contribution in [0.25, 0.3) is 11.3 Å². The summed E-state index contributed by atoms with van der Waals surface area (Å²) < 4.78 is 51.0. The first-order valence-electron chi connectivity index (χ1n) is 8.00. The molecule has 3 rings (SSSR count). The lowest BCUT2D eigenvalue weighted by Gasteiger charge is -2.32. The van der Waals surface area contributed by atoms with Gasteiger partial charge >= 0.3 is 13.3 Å². The van der Waals surface area contributed by atoms with Crippen LogP contribution in [0.1, 0.15) is 33.4 Å². The molecule has 0 saturated carbocycles. The van der Waals surface area contributed by atoms with E-state index in [0.717, 1.165) is 6.07 Å². The number of benzene rings is 1. The van der Waals surface area contributed by atoms with Gasteiger partial charge in [-0.2, -0.15) is 13.2 Å². The van der Waals surface area contributed by atoms with Gasteiger partial charge in [-0.25, -0.2) is 4.98 Å². The van der Waals surface area contributed by atoms with Gasteiger partial charge in [0.05, 0.1) is 16.9 Å².